The molecule has 0 bridgehead atoms. The first-order valence-corrected chi connectivity index (χ1v) is 33.2. The van der Waals surface area contributed by atoms with Crippen LogP contribution >= 0.6 is 0 Å². The van der Waals surface area contributed by atoms with Crippen molar-refractivity contribution in [2.75, 3.05) is 16.9 Å². The molecule has 0 spiro atoms. The number of carbonyl (C=O) groups is 2. The van der Waals surface area contributed by atoms with Crippen molar-refractivity contribution in [1.29, 1.82) is 0 Å². The van der Waals surface area contributed by atoms with E-state index < -0.39 is 6.16 Å². The fourth-order valence-corrected chi connectivity index (χ4v) is 12.4. The van der Waals surface area contributed by atoms with E-state index in [-0.39, 0.29) is 11.4 Å². The lowest BCUT2D eigenvalue weighted by Crippen LogP contribution is -2.30. The van der Waals surface area contributed by atoms with Gasteiger partial charge in [0.15, 0.2) is 0 Å². The van der Waals surface area contributed by atoms with Crippen LogP contribution in [0.15, 0.2) is 340 Å². The number of benzene rings is 12. The van der Waals surface area contributed by atoms with Crippen molar-refractivity contribution in [3.63, 3.8) is 0 Å². The Kier molecular flexibility index (Phi) is 22.0. The van der Waals surface area contributed by atoms with Gasteiger partial charge in [-0.05, 0) is 190 Å². The third-order valence-electron chi connectivity index (χ3n) is 17.4. The van der Waals surface area contributed by atoms with Gasteiger partial charge < -0.3 is 28.7 Å². The molecule has 0 radical (unpaired) electrons. The highest BCUT2D eigenvalue weighted by molar-refractivity contribution is 5.82. The van der Waals surface area contributed by atoms with E-state index in [1.54, 1.807) is 31.4 Å². The number of allylic oxidation sites excluding steroid dienone is 4. The number of esters is 1. The minimum absolute atomic E-state index is 0.0634. The maximum absolute atomic E-state index is 12.5. The van der Waals surface area contributed by atoms with E-state index >= 15 is 0 Å². The topological polar surface area (TPSA) is 77.5 Å². The molecule has 482 valence electrons. The SMILES string of the molecule is C(C=Cc1ccc(N(c2ccccc2)c2ccc(-c3ccc(N(c4ccccc4)c4ccc(C=CC=Cc5ccccc5)cc4)cc3)cc2)cc1)=Cc1ccccc1.COc1ccc(C2(c3ccc(OC(=O)Oc4ccc(-c5ccc(OC(C)=O)cc5)cc4)cc3)CCCCC2)cc1. The maximum Gasteiger partial charge on any atom is 0.519 e. The lowest BCUT2D eigenvalue weighted by atomic mass is 9.65. The maximum atomic E-state index is 12.5. The average molecular weight is 1280 g/mol. The van der Waals surface area contributed by atoms with E-state index in [0.29, 0.717) is 17.2 Å². The van der Waals surface area contributed by atoms with E-state index in [9.17, 15) is 9.59 Å². The van der Waals surface area contributed by atoms with Gasteiger partial charge in [0.05, 0.1) is 7.11 Å². The molecule has 1 aliphatic carbocycles. The number of ether oxygens (including phenoxy) is 4. The van der Waals surface area contributed by atoms with Gasteiger partial charge in [-0.2, -0.15) is 0 Å². The molecule has 0 atom stereocenters. The molecule has 1 aliphatic rings. The molecule has 1 saturated carbocycles. The Morgan fingerprint density at radius 3 is 0.918 bits per heavy atom. The summed E-state index contributed by atoms with van der Waals surface area (Å²) in [5, 5.41) is 0. The van der Waals surface area contributed by atoms with Crippen LogP contribution < -0.4 is 28.7 Å². The summed E-state index contributed by atoms with van der Waals surface area (Å²) in [6, 6.07) is 107. The summed E-state index contributed by atoms with van der Waals surface area (Å²) in [6.45, 7) is 1.36. The molecule has 0 amide bonds. The normalized spacial score (nSPS) is 12.6. The van der Waals surface area contributed by atoms with Crippen molar-refractivity contribution in [1.82, 2.24) is 0 Å². The predicted molar refractivity (Wildman–Crippen MR) is 403 cm³/mol. The molecule has 0 aromatic heterocycles. The first-order chi connectivity index (χ1) is 48.2. The quantitative estimate of drug-likeness (QED) is 0.0323. The Morgan fingerprint density at radius 2 is 0.582 bits per heavy atom. The summed E-state index contributed by atoms with van der Waals surface area (Å²) in [5.41, 5.74) is 17.9. The predicted octanol–water partition coefficient (Wildman–Crippen LogP) is 23.9. The molecule has 0 N–H and O–H groups in total. The monoisotopic (exact) mass is 1280 g/mol. The van der Waals surface area contributed by atoms with Gasteiger partial charge in [-0.25, -0.2) is 4.79 Å². The average Bonchev–Trinajstić information content (AvgIpc) is 0.778. The summed E-state index contributed by atoms with van der Waals surface area (Å²) >= 11 is 0. The van der Waals surface area contributed by atoms with Crippen LogP contribution in [0.5, 0.6) is 23.0 Å². The van der Waals surface area contributed by atoms with Gasteiger partial charge in [0, 0.05) is 46.5 Å². The first kappa shape index (κ1) is 65.8. The molecule has 8 heteroatoms. The Morgan fingerprint density at radius 1 is 0.306 bits per heavy atom. The lowest BCUT2D eigenvalue weighted by Gasteiger charge is -2.38. The van der Waals surface area contributed by atoms with Crippen LogP contribution in [0.3, 0.4) is 0 Å². The van der Waals surface area contributed by atoms with Crippen LogP contribution in [0.25, 0.3) is 46.6 Å². The first-order valence-electron chi connectivity index (χ1n) is 33.2. The Hall–Kier alpha value is -12.3. The highest BCUT2D eigenvalue weighted by atomic mass is 16.7. The van der Waals surface area contributed by atoms with Gasteiger partial charge >= 0.3 is 12.1 Å². The highest BCUT2D eigenvalue weighted by Gasteiger charge is 2.36. The number of hydrogen-bond acceptors (Lipinski definition) is 8. The second-order valence-electron chi connectivity index (χ2n) is 23.9. The van der Waals surface area contributed by atoms with Gasteiger partial charge in [-0.3, -0.25) is 4.79 Å². The van der Waals surface area contributed by atoms with E-state index in [4.69, 9.17) is 18.9 Å². The third kappa shape index (κ3) is 17.4. The zero-order chi connectivity index (χ0) is 67.1. The highest BCUT2D eigenvalue weighted by Crippen LogP contribution is 2.46. The summed E-state index contributed by atoms with van der Waals surface area (Å²) < 4.78 is 21.3. The minimum atomic E-state index is -0.797. The smallest absolute Gasteiger partial charge is 0.497 e. The zero-order valence-corrected chi connectivity index (χ0v) is 55.0. The zero-order valence-electron chi connectivity index (χ0n) is 55.0. The number of para-hydroxylation sites is 2. The molecule has 13 rings (SSSR count). The fraction of sp³-hybridized carbons (Fsp3) is 0.0889. The Labute approximate surface area is 575 Å². The summed E-state index contributed by atoms with van der Waals surface area (Å²) in [7, 11) is 1.68. The Bertz CT molecular complexity index is 4420. The molecular weight excluding hydrogens is 1200 g/mol. The van der Waals surface area contributed by atoms with E-state index in [0.717, 1.165) is 86.1 Å². The van der Waals surface area contributed by atoms with Crippen LogP contribution in [-0.4, -0.2) is 19.2 Å². The summed E-state index contributed by atoms with van der Waals surface area (Å²) in [4.78, 5) is 28.2. The standard InChI is InChI=1S/C56H44N2.C34H32O6/c1-5-17-45(18-6-1)21-13-15-23-47-29-37-53(38-30-47)57(51-25-9-3-10-26-51)55-41-33-49(34-42-55)50-35-43-56(44-36-50)58(52-27-11-4-12-28-52)54-39-31-48(32-40-54)24-16-14-22-46-19-7-2-8-20-46;1-24(35)38-30-14-6-25(7-15-30)26-8-16-31(17-9-26)39-33(36)40-32-20-12-28(13-21-32)34(22-4-3-5-23-34)27-10-18-29(37-2)19-11-27/h1-44H;6-21H,3-5,22-23H2,1-2H3. The molecular formula is C90H76N2O6. The van der Waals surface area contributed by atoms with Gasteiger partial charge in [-0.15, -0.1) is 0 Å². The van der Waals surface area contributed by atoms with Gasteiger partial charge in [0.25, 0.3) is 0 Å². The van der Waals surface area contributed by atoms with Crippen LogP contribution in [0, 0.1) is 0 Å². The molecule has 12 aromatic rings. The number of anilines is 6. The fourth-order valence-electron chi connectivity index (χ4n) is 12.4. The van der Waals surface area contributed by atoms with Gasteiger partial charge in [0.1, 0.15) is 23.0 Å². The molecule has 8 nitrogen and oxygen atoms in total. The molecule has 0 unspecified atom stereocenters. The van der Waals surface area contributed by atoms with Crippen molar-refractivity contribution in [2.24, 2.45) is 0 Å². The van der Waals surface area contributed by atoms with Crippen LogP contribution in [0.1, 0.15) is 72.4 Å². The van der Waals surface area contributed by atoms with Crippen LogP contribution in [-0.2, 0) is 10.2 Å². The van der Waals surface area contributed by atoms with Crippen molar-refractivity contribution >= 4 is 70.6 Å². The van der Waals surface area contributed by atoms with Crippen LogP contribution in [0.4, 0.5) is 38.9 Å². The van der Waals surface area contributed by atoms with E-state index in [1.165, 1.54) is 48.4 Å². The number of methoxy groups -OCH3 is 1. The third-order valence-corrected chi connectivity index (χ3v) is 17.4. The van der Waals surface area contributed by atoms with Crippen molar-refractivity contribution in [2.45, 2.75) is 44.4 Å². The van der Waals surface area contributed by atoms with Gasteiger partial charge in [-0.1, -0.05) is 262 Å². The van der Waals surface area contributed by atoms with Gasteiger partial charge in [0.2, 0.25) is 0 Å². The van der Waals surface area contributed by atoms with Crippen LogP contribution in [0.2, 0.25) is 0 Å². The number of nitrogens with zero attached hydrogens (tertiary/aromatic N) is 2. The van der Waals surface area contributed by atoms with E-state index in [1.807, 2.05) is 60.7 Å². The van der Waals surface area contributed by atoms with E-state index in [2.05, 4.69) is 289 Å². The number of hydrogen-bond donors (Lipinski definition) is 0. The lowest BCUT2D eigenvalue weighted by molar-refractivity contribution is -0.131. The largest absolute Gasteiger partial charge is 0.519 e. The number of carbonyl (C=O) groups excluding carboxylic acids is 2. The molecule has 0 aliphatic heterocycles. The molecule has 98 heavy (non-hydrogen) atoms. The molecule has 0 saturated heterocycles. The number of rotatable bonds is 20. The molecule has 12 aromatic carbocycles. The molecule has 1 fully saturated rings. The summed E-state index contributed by atoms with van der Waals surface area (Å²) in [5.74, 6) is 1.78. The summed E-state index contributed by atoms with van der Waals surface area (Å²) in [6.07, 6.45) is 21.8. The minimum Gasteiger partial charge on any atom is -0.497 e. The second-order valence-corrected chi connectivity index (χ2v) is 23.9. The Balaban J connectivity index is 0.000000200. The van der Waals surface area contributed by atoms with Crippen molar-refractivity contribution < 1.29 is 28.5 Å². The van der Waals surface area contributed by atoms with Crippen molar-refractivity contribution in [3.8, 4) is 45.3 Å². The van der Waals surface area contributed by atoms with Crippen molar-refractivity contribution in [3.05, 3.63) is 373 Å². The second kappa shape index (κ2) is 32.7. The molecule has 0 heterocycles.